The average molecular weight is 468 g/mol. The molecular weight excluding hydrogens is 443 g/mol. The number of ether oxygens (including phenoxy) is 1. The number of guanidine groups is 1. The fourth-order valence-electron chi connectivity index (χ4n) is 3.13. The molecule has 5 nitrogen and oxygen atoms in total. The van der Waals surface area contributed by atoms with Crippen molar-refractivity contribution in [2.75, 3.05) is 45.6 Å². The number of nitrogens with zero attached hydrogens (tertiary/aromatic N) is 3. The van der Waals surface area contributed by atoms with Crippen LogP contribution in [0.4, 0.5) is 0 Å². The summed E-state index contributed by atoms with van der Waals surface area (Å²) in [7, 11) is 1.88. The quantitative estimate of drug-likeness (QED) is 0.237. The number of aromatic nitrogens is 1. The summed E-state index contributed by atoms with van der Waals surface area (Å²) >= 11 is 3.54. The Hall–Kier alpha value is -0.0600. The van der Waals surface area contributed by atoms with Crippen molar-refractivity contribution in [3.8, 4) is 0 Å². The van der Waals surface area contributed by atoms with Gasteiger partial charge in [0.05, 0.1) is 6.61 Å². The average Bonchev–Trinajstić information content (AvgIpc) is 3.27. The first-order chi connectivity index (χ1) is 10.8. The molecule has 1 atom stereocenters. The Kier molecular flexibility index (Phi) is 7.90. The lowest BCUT2D eigenvalue weighted by Crippen LogP contribution is -2.41. The van der Waals surface area contributed by atoms with E-state index in [1.165, 1.54) is 12.8 Å². The first kappa shape index (κ1) is 19.3. The smallest absolute Gasteiger partial charge is 0.193 e. The molecule has 3 rings (SSSR count). The van der Waals surface area contributed by atoms with Crippen LogP contribution in [0.2, 0.25) is 0 Å². The molecule has 0 aliphatic carbocycles. The van der Waals surface area contributed by atoms with Gasteiger partial charge < -0.3 is 15.0 Å². The van der Waals surface area contributed by atoms with E-state index in [9.17, 15) is 0 Å². The van der Waals surface area contributed by atoms with Crippen molar-refractivity contribution in [3.05, 3.63) is 11.6 Å². The summed E-state index contributed by atoms with van der Waals surface area (Å²) in [6.45, 7) is 4.99. The number of aliphatic imine (C=N–C) groups is 1. The minimum Gasteiger partial charge on any atom is -0.381 e. The molecule has 2 aliphatic heterocycles. The van der Waals surface area contributed by atoms with Gasteiger partial charge in [-0.15, -0.1) is 35.3 Å². The summed E-state index contributed by atoms with van der Waals surface area (Å²) in [6, 6.07) is 0. The van der Waals surface area contributed by atoms with Gasteiger partial charge in [0.1, 0.15) is 4.34 Å². The van der Waals surface area contributed by atoms with Crippen LogP contribution >= 0.6 is 47.1 Å². The van der Waals surface area contributed by atoms with Gasteiger partial charge in [0, 0.05) is 56.0 Å². The normalized spacial score (nSPS) is 24.2. The molecule has 0 amide bonds. The molecule has 0 bridgehead atoms. The number of thiazole rings is 1. The standard InChI is InChI=1S/C15H24N4OS2.HI/c1-16-13(17-5-2-9-21-14-18-6-10-22-14)19-7-3-15(11-19)4-8-20-12-15;/h6,10H,2-5,7-9,11-12H2,1H3,(H,16,17);1H. The molecule has 2 saturated heterocycles. The zero-order valence-electron chi connectivity index (χ0n) is 13.5. The number of nitrogens with one attached hydrogen (secondary N) is 1. The molecule has 1 N–H and O–H groups in total. The highest BCUT2D eigenvalue weighted by atomic mass is 127. The summed E-state index contributed by atoms with van der Waals surface area (Å²) in [6.07, 6.45) is 5.41. The van der Waals surface area contributed by atoms with E-state index in [1.807, 2.05) is 30.4 Å². The lowest BCUT2D eigenvalue weighted by molar-refractivity contribution is 0.156. The Morgan fingerprint density at radius 3 is 3.17 bits per heavy atom. The SMILES string of the molecule is CN=C(NCCCSc1nccs1)N1CCC2(CCOC2)C1.I. The van der Waals surface area contributed by atoms with Gasteiger partial charge in [0.25, 0.3) is 0 Å². The van der Waals surface area contributed by atoms with Crippen LogP contribution in [0.25, 0.3) is 0 Å². The van der Waals surface area contributed by atoms with Gasteiger partial charge in [0.2, 0.25) is 0 Å². The summed E-state index contributed by atoms with van der Waals surface area (Å²) < 4.78 is 6.76. The van der Waals surface area contributed by atoms with E-state index in [-0.39, 0.29) is 24.0 Å². The van der Waals surface area contributed by atoms with Gasteiger partial charge in [-0.3, -0.25) is 4.99 Å². The van der Waals surface area contributed by atoms with Crippen molar-refractivity contribution in [1.82, 2.24) is 15.2 Å². The Morgan fingerprint density at radius 1 is 1.57 bits per heavy atom. The summed E-state index contributed by atoms with van der Waals surface area (Å²) in [5, 5.41) is 5.53. The zero-order valence-corrected chi connectivity index (χ0v) is 17.5. The molecule has 2 aliphatic rings. The lowest BCUT2D eigenvalue weighted by atomic mass is 9.87. The van der Waals surface area contributed by atoms with Gasteiger partial charge in [-0.1, -0.05) is 11.8 Å². The fraction of sp³-hybridized carbons (Fsp3) is 0.733. The maximum Gasteiger partial charge on any atom is 0.193 e. The molecule has 8 heteroatoms. The van der Waals surface area contributed by atoms with Crippen LogP contribution in [-0.2, 0) is 4.74 Å². The molecule has 0 radical (unpaired) electrons. The molecule has 1 aromatic heterocycles. The third kappa shape index (κ3) is 5.20. The van der Waals surface area contributed by atoms with E-state index in [1.54, 1.807) is 11.3 Å². The van der Waals surface area contributed by atoms with E-state index >= 15 is 0 Å². The van der Waals surface area contributed by atoms with Crippen LogP contribution in [-0.4, -0.2) is 61.5 Å². The molecule has 0 aromatic carbocycles. The number of likely N-dealkylation sites (tertiary alicyclic amines) is 1. The fourth-order valence-corrected chi connectivity index (χ4v) is 4.78. The first-order valence-electron chi connectivity index (χ1n) is 7.87. The second kappa shape index (κ2) is 9.43. The number of halogens is 1. The summed E-state index contributed by atoms with van der Waals surface area (Å²) in [5.41, 5.74) is 0.387. The van der Waals surface area contributed by atoms with E-state index in [2.05, 4.69) is 20.2 Å². The maximum atomic E-state index is 5.60. The highest BCUT2D eigenvalue weighted by molar-refractivity contribution is 14.0. The van der Waals surface area contributed by atoms with Gasteiger partial charge in [0.15, 0.2) is 5.96 Å². The van der Waals surface area contributed by atoms with Crippen LogP contribution in [0.1, 0.15) is 19.3 Å². The lowest BCUT2D eigenvalue weighted by Gasteiger charge is -2.24. The summed E-state index contributed by atoms with van der Waals surface area (Å²) in [5.74, 6) is 2.14. The van der Waals surface area contributed by atoms with E-state index in [0.717, 1.165) is 55.3 Å². The largest absolute Gasteiger partial charge is 0.381 e. The topological polar surface area (TPSA) is 49.8 Å². The van der Waals surface area contributed by atoms with Crippen LogP contribution in [0.15, 0.2) is 20.9 Å². The van der Waals surface area contributed by atoms with Crippen molar-refractivity contribution >= 4 is 53.0 Å². The number of hydrogen-bond acceptors (Lipinski definition) is 5. The van der Waals surface area contributed by atoms with Crippen molar-refractivity contribution < 1.29 is 4.74 Å². The van der Waals surface area contributed by atoms with Gasteiger partial charge in [-0.25, -0.2) is 4.98 Å². The van der Waals surface area contributed by atoms with Gasteiger partial charge >= 0.3 is 0 Å². The van der Waals surface area contributed by atoms with E-state index in [4.69, 9.17) is 4.74 Å². The van der Waals surface area contributed by atoms with Crippen LogP contribution in [0.3, 0.4) is 0 Å². The summed E-state index contributed by atoms with van der Waals surface area (Å²) in [4.78, 5) is 11.1. The Bertz CT molecular complexity index is 492. The van der Waals surface area contributed by atoms with Crippen molar-refractivity contribution in [2.45, 2.75) is 23.6 Å². The molecule has 2 fully saturated rings. The second-order valence-electron chi connectivity index (χ2n) is 5.95. The molecule has 3 heterocycles. The van der Waals surface area contributed by atoms with E-state index in [0.29, 0.717) is 5.41 Å². The van der Waals surface area contributed by atoms with Crippen LogP contribution < -0.4 is 5.32 Å². The number of rotatable bonds is 5. The molecule has 1 spiro atoms. The van der Waals surface area contributed by atoms with Crippen molar-refractivity contribution in [1.29, 1.82) is 0 Å². The van der Waals surface area contributed by atoms with E-state index < -0.39 is 0 Å². The third-order valence-corrected chi connectivity index (χ3v) is 6.43. The highest BCUT2D eigenvalue weighted by Crippen LogP contribution is 2.38. The monoisotopic (exact) mass is 468 g/mol. The predicted octanol–water partition coefficient (Wildman–Crippen LogP) is 2.93. The molecular formula is C15H25IN4OS2. The molecule has 23 heavy (non-hydrogen) atoms. The maximum absolute atomic E-state index is 5.60. The van der Waals surface area contributed by atoms with Crippen LogP contribution in [0.5, 0.6) is 0 Å². The third-order valence-electron chi connectivity index (χ3n) is 4.37. The van der Waals surface area contributed by atoms with Crippen LogP contribution in [0, 0.1) is 5.41 Å². The molecule has 0 saturated carbocycles. The first-order valence-corrected chi connectivity index (χ1v) is 9.74. The predicted molar refractivity (Wildman–Crippen MR) is 108 cm³/mol. The van der Waals surface area contributed by atoms with Gasteiger partial charge in [-0.05, 0) is 19.3 Å². The Morgan fingerprint density at radius 2 is 2.48 bits per heavy atom. The number of hydrogen-bond donors (Lipinski definition) is 1. The molecule has 1 aromatic rings. The second-order valence-corrected chi connectivity index (χ2v) is 8.18. The highest BCUT2D eigenvalue weighted by Gasteiger charge is 2.42. The van der Waals surface area contributed by atoms with Crippen molar-refractivity contribution in [3.63, 3.8) is 0 Å². The molecule has 1 unspecified atom stereocenters. The Balaban J connectivity index is 0.00000192. The Labute approximate surface area is 163 Å². The number of thioether (sulfide) groups is 1. The minimum absolute atomic E-state index is 0. The molecule has 130 valence electrons. The van der Waals surface area contributed by atoms with Crippen molar-refractivity contribution in [2.24, 2.45) is 10.4 Å². The zero-order chi connectivity index (χ0) is 15.3. The van der Waals surface area contributed by atoms with Gasteiger partial charge in [-0.2, -0.15) is 0 Å². The minimum atomic E-state index is 0.